The van der Waals surface area contributed by atoms with Crippen molar-refractivity contribution in [1.82, 2.24) is 0 Å². The number of aryl methyl sites for hydroxylation is 1. The molecular formula is C50H30F8. The molecule has 0 aliphatic rings. The van der Waals surface area contributed by atoms with E-state index >= 15 is 17.6 Å². The highest BCUT2D eigenvalue weighted by molar-refractivity contribution is 6.07. The summed E-state index contributed by atoms with van der Waals surface area (Å²) >= 11 is 0. The van der Waals surface area contributed by atoms with E-state index in [2.05, 4.69) is 0 Å². The Balaban J connectivity index is 1.46. The summed E-state index contributed by atoms with van der Waals surface area (Å²) in [6, 6.07) is 45.2. The highest BCUT2D eigenvalue weighted by Crippen LogP contribution is 2.51. The van der Waals surface area contributed by atoms with Gasteiger partial charge in [0.15, 0.2) is 46.5 Å². The Morgan fingerprint density at radius 1 is 0.259 bits per heavy atom. The van der Waals surface area contributed by atoms with Gasteiger partial charge < -0.3 is 0 Å². The average molecular weight is 783 g/mol. The van der Waals surface area contributed by atoms with Crippen molar-refractivity contribution in [2.75, 3.05) is 0 Å². The minimum absolute atomic E-state index is 0.301. The molecule has 0 fully saturated rings. The third-order valence-corrected chi connectivity index (χ3v) is 10.3. The smallest absolute Gasteiger partial charge is 0.170 e. The molecule has 58 heavy (non-hydrogen) atoms. The largest absolute Gasteiger partial charge is 0.203 e. The van der Waals surface area contributed by atoms with Crippen LogP contribution < -0.4 is 0 Å². The van der Waals surface area contributed by atoms with Crippen molar-refractivity contribution in [3.05, 3.63) is 203 Å². The molecule has 8 aromatic carbocycles. The van der Waals surface area contributed by atoms with Gasteiger partial charge in [0.2, 0.25) is 0 Å². The van der Waals surface area contributed by atoms with E-state index in [1.165, 1.54) is 12.1 Å². The molecule has 0 radical (unpaired) electrons. The number of halogens is 8. The first-order valence-corrected chi connectivity index (χ1v) is 18.2. The van der Waals surface area contributed by atoms with Gasteiger partial charge in [0.1, 0.15) is 0 Å². The zero-order chi connectivity index (χ0) is 40.8. The van der Waals surface area contributed by atoms with E-state index in [9.17, 15) is 17.6 Å². The molecule has 286 valence electrons. The molecule has 0 nitrogen and oxygen atoms in total. The summed E-state index contributed by atoms with van der Waals surface area (Å²) in [5.74, 6) is -16.8. The lowest BCUT2D eigenvalue weighted by molar-refractivity contribution is 0.438. The van der Waals surface area contributed by atoms with Gasteiger partial charge in [-0.15, -0.1) is 0 Å². The van der Waals surface area contributed by atoms with Crippen LogP contribution in [0.1, 0.15) is 11.1 Å². The van der Waals surface area contributed by atoms with Gasteiger partial charge in [-0.1, -0.05) is 133 Å². The van der Waals surface area contributed by atoms with E-state index in [1.807, 2.05) is 127 Å². The molecule has 0 aromatic heterocycles. The molecule has 8 aromatic rings. The second kappa shape index (κ2) is 15.3. The number of hydrogen-bond donors (Lipinski definition) is 0. The molecule has 0 saturated carbocycles. The van der Waals surface area contributed by atoms with Crippen LogP contribution in [0.5, 0.6) is 0 Å². The van der Waals surface area contributed by atoms with Crippen molar-refractivity contribution < 1.29 is 35.1 Å². The summed E-state index contributed by atoms with van der Waals surface area (Å²) in [7, 11) is 0. The Labute approximate surface area is 329 Å². The highest BCUT2D eigenvalue weighted by atomic mass is 19.2. The van der Waals surface area contributed by atoms with Gasteiger partial charge in [-0.25, -0.2) is 35.1 Å². The van der Waals surface area contributed by atoms with E-state index in [4.69, 9.17) is 0 Å². The maximum atomic E-state index is 16.2. The van der Waals surface area contributed by atoms with Crippen LogP contribution in [0.4, 0.5) is 35.1 Å². The van der Waals surface area contributed by atoms with E-state index in [0.717, 1.165) is 44.5 Å². The Kier molecular flexibility index (Phi) is 10.0. The molecule has 0 N–H and O–H groups in total. The van der Waals surface area contributed by atoms with Crippen molar-refractivity contribution >= 4 is 0 Å². The highest BCUT2D eigenvalue weighted by Gasteiger charge is 2.34. The second-order valence-corrected chi connectivity index (χ2v) is 13.9. The van der Waals surface area contributed by atoms with Gasteiger partial charge in [0.05, 0.1) is 16.7 Å². The number of hydrogen-bond acceptors (Lipinski definition) is 0. The maximum absolute atomic E-state index is 16.2. The Morgan fingerprint density at radius 3 is 1.02 bits per heavy atom. The minimum Gasteiger partial charge on any atom is -0.203 e. The monoisotopic (exact) mass is 782 g/mol. The zero-order valence-electron chi connectivity index (χ0n) is 30.9. The van der Waals surface area contributed by atoms with Crippen LogP contribution in [0.25, 0.3) is 77.9 Å². The molecule has 8 heteroatoms. The third kappa shape index (κ3) is 6.44. The molecule has 0 aliphatic heterocycles. The fraction of sp³-hybridized carbons (Fsp3) is 0.0400. The third-order valence-electron chi connectivity index (χ3n) is 10.3. The van der Waals surface area contributed by atoms with E-state index in [1.54, 1.807) is 13.0 Å². The van der Waals surface area contributed by atoms with Gasteiger partial charge >= 0.3 is 0 Å². The van der Waals surface area contributed by atoms with Crippen LogP contribution in [0.15, 0.2) is 146 Å². The maximum Gasteiger partial charge on any atom is 0.170 e. The van der Waals surface area contributed by atoms with E-state index in [0.29, 0.717) is 23.6 Å². The van der Waals surface area contributed by atoms with Crippen molar-refractivity contribution in [3.8, 4) is 77.9 Å². The van der Waals surface area contributed by atoms with Gasteiger partial charge in [0.25, 0.3) is 0 Å². The summed E-state index contributed by atoms with van der Waals surface area (Å²) in [4.78, 5) is 0. The zero-order valence-corrected chi connectivity index (χ0v) is 30.9. The molecule has 0 atom stereocenters. The fourth-order valence-electron chi connectivity index (χ4n) is 7.61. The molecule has 0 saturated heterocycles. The lowest BCUT2D eigenvalue weighted by Crippen LogP contribution is -2.09. The SMILES string of the molecule is Cc1cc(-c2cc(-c3ccccc3)c(-c3ccccc3)c(-c3ccccc3)c2-c2ccccc2)cc(-c2c(F)c(F)c(-c3c(F)c(F)c(C)c(F)c3F)c(F)c2F)c1. The summed E-state index contributed by atoms with van der Waals surface area (Å²) in [6.07, 6.45) is 0. The van der Waals surface area contributed by atoms with Crippen molar-refractivity contribution in [1.29, 1.82) is 0 Å². The lowest BCUT2D eigenvalue weighted by atomic mass is 9.78. The number of benzene rings is 8. The van der Waals surface area contributed by atoms with Crippen molar-refractivity contribution in [2.24, 2.45) is 0 Å². The first kappa shape index (κ1) is 38.1. The van der Waals surface area contributed by atoms with Crippen LogP contribution in [-0.4, -0.2) is 0 Å². The van der Waals surface area contributed by atoms with Crippen molar-refractivity contribution in [3.63, 3.8) is 0 Å². The molecule has 0 heterocycles. The van der Waals surface area contributed by atoms with Crippen LogP contribution >= 0.6 is 0 Å². The predicted octanol–water partition coefficient (Wildman–Crippen LogP) is 15.1. The fourth-order valence-corrected chi connectivity index (χ4v) is 7.61. The van der Waals surface area contributed by atoms with Gasteiger partial charge in [-0.2, -0.15) is 0 Å². The standard InChI is InChI=1S/C50H30F8/c1-27-23-33(25-34(24-27)40-45(53)49(57)42(50(58)46(40)54)41-47(55)43(51)28(2)44(52)48(41)56)36-26-35(29-15-7-3-8-16-29)37(30-17-9-4-10-18-30)39(32-21-13-6-14-22-32)38(36)31-19-11-5-12-20-31/h3-26H,1-2H3. The molecule has 0 unspecified atom stereocenters. The lowest BCUT2D eigenvalue weighted by Gasteiger charge is -2.25. The molecular weight excluding hydrogens is 753 g/mol. The second-order valence-electron chi connectivity index (χ2n) is 13.9. The Hall–Kier alpha value is -6.80. The summed E-state index contributed by atoms with van der Waals surface area (Å²) in [5, 5.41) is 0. The van der Waals surface area contributed by atoms with Crippen LogP contribution in [0.2, 0.25) is 0 Å². The quantitative estimate of drug-likeness (QED) is 0.112. The first-order valence-electron chi connectivity index (χ1n) is 18.2. The molecule has 0 spiro atoms. The molecule has 0 aliphatic carbocycles. The topological polar surface area (TPSA) is 0 Å². The van der Waals surface area contributed by atoms with Gasteiger partial charge in [0, 0.05) is 5.56 Å². The minimum atomic E-state index is -2.23. The van der Waals surface area contributed by atoms with Crippen LogP contribution in [0, 0.1) is 60.4 Å². The average Bonchev–Trinajstić information content (AvgIpc) is 3.25. The summed E-state index contributed by atoms with van der Waals surface area (Å²) in [6.45, 7) is 2.35. The summed E-state index contributed by atoms with van der Waals surface area (Å²) in [5.41, 5.74) is 1.87. The normalized spacial score (nSPS) is 11.3. The summed E-state index contributed by atoms with van der Waals surface area (Å²) < 4.78 is 123. The number of rotatable bonds is 7. The molecule has 0 amide bonds. The predicted molar refractivity (Wildman–Crippen MR) is 214 cm³/mol. The van der Waals surface area contributed by atoms with E-state index < -0.39 is 68.8 Å². The Morgan fingerprint density at radius 2 is 0.586 bits per heavy atom. The molecule has 0 bridgehead atoms. The van der Waals surface area contributed by atoms with Crippen LogP contribution in [-0.2, 0) is 0 Å². The van der Waals surface area contributed by atoms with Gasteiger partial charge in [-0.05, 0) is 92.7 Å². The Bertz CT molecular complexity index is 2800. The van der Waals surface area contributed by atoms with E-state index in [-0.39, 0.29) is 5.56 Å². The molecule has 8 rings (SSSR count). The van der Waals surface area contributed by atoms with Crippen LogP contribution in [0.3, 0.4) is 0 Å². The first-order chi connectivity index (χ1) is 28.0. The van der Waals surface area contributed by atoms with Crippen molar-refractivity contribution in [2.45, 2.75) is 13.8 Å². The van der Waals surface area contributed by atoms with Gasteiger partial charge in [-0.3, -0.25) is 0 Å².